The third kappa shape index (κ3) is 4.99. The molecule has 0 fully saturated rings. The molecule has 0 saturated carbocycles. The van der Waals surface area contributed by atoms with Gasteiger partial charge in [-0.25, -0.2) is 0 Å². The highest BCUT2D eigenvalue weighted by Crippen LogP contribution is 2.49. The van der Waals surface area contributed by atoms with Gasteiger partial charge in [-0.1, -0.05) is 177 Å². The molecule has 54 heavy (non-hydrogen) atoms. The van der Waals surface area contributed by atoms with Gasteiger partial charge in [-0.05, 0) is 140 Å². The van der Waals surface area contributed by atoms with Crippen molar-refractivity contribution >= 4 is 59.9 Å². The van der Waals surface area contributed by atoms with Crippen molar-refractivity contribution in [2.24, 2.45) is 0 Å². The second kappa shape index (κ2) is 13.0. The summed E-state index contributed by atoms with van der Waals surface area (Å²) >= 11 is 0. The molecule has 0 radical (unpaired) electrons. The molecule has 0 unspecified atom stereocenters. The predicted molar refractivity (Wildman–Crippen MR) is 235 cm³/mol. The molecule has 0 bridgehead atoms. The first kappa shape index (κ1) is 31.9. The molecular weight excluding hydrogens is 649 g/mol. The molecule has 0 aromatic heterocycles. The van der Waals surface area contributed by atoms with E-state index in [0.717, 1.165) is 6.42 Å². The van der Waals surface area contributed by atoms with E-state index in [0.29, 0.717) is 0 Å². The van der Waals surface area contributed by atoms with Gasteiger partial charge in [-0.2, -0.15) is 0 Å². The van der Waals surface area contributed by atoms with Crippen LogP contribution in [0.3, 0.4) is 0 Å². The first-order valence-corrected chi connectivity index (χ1v) is 18.9. The first-order chi connectivity index (χ1) is 26.7. The van der Waals surface area contributed by atoms with Gasteiger partial charge in [0.2, 0.25) is 0 Å². The van der Waals surface area contributed by atoms with Gasteiger partial charge in [0.1, 0.15) is 0 Å². The molecule has 0 N–H and O–H groups in total. The van der Waals surface area contributed by atoms with Crippen LogP contribution in [0.5, 0.6) is 0 Å². The van der Waals surface area contributed by atoms with Crippen LogP contribution in [0.25, 0.3) is 104 Å². The minimum Gasteiger partial charge on any atom is -0.0984 e. The van der Waals surface area contributed by atoms with E-state index in [1.165, 1.54) is 109 Å². The topological polar surface area (TPSA) is 0 Å². The Bertz CT molecular complexity index is 3050. The fourth-order valence-electron chi connectivity index (χ4n) is 9.03. The molecule has 0 nitrogen and oxygen atoms in total. The maximum Gasteiger partial charge on any atom is -0.00261 e. The molecule has 10 aromatic carbocycles. The fraction of sp³-hybridized carbons (Fsp3) is 0.0370. The van der Waals surface area contributed by atoms with E-state index in [-0.39, 0.29) is 0 Å². The maximum atomic E-state index is 4.41. The zero-order chi connectivity index (χ0) is 36.2. The second-order valence-corrected chi connectivity index (χ2v) is 14.3. The molecule has 0 spiro atoms. The average molecular weight is 687 g/mol. The van der Waals surface area contributed by atoms with Crippen LogP contribution in [0.15, 0.2) is 189 Å². The van der Waals surface area contributed by atoms with Gasteiger partial charge < -0.3 is 0 Å². The van der Waals surface area contributed by atoms with Gasteiger partial charge in [0.15, 0.2) is 0 Å². The van der Waals surface area contributed by atoms with Crippen molar-refractivity contribution in [1.29, 1.82) is 0 Å². The van der Waals surface area contributed by atoms with Gasteiger partial charge in [0.25, 0.3) is 0 Å². The number of hydrogen-bond donors (Lipinski definition) is 0. The molecule has 0 aliphatic heterocycles. The van der Waals surface area contributed by atoms with Crippen molar-refractivity contribution in [3.8, 4) is 44.5 Å². The Labute approximate surface area is 316 Å². The van der Waals surface area contributed by atoms with Gasteiger partial charge >= 0.3 is 0 Å². The van der Waals surface area contributed by atoms with Crippen molar-refractivity contribution in [3.05, 3.63) is 200 Å². The van der Waals surface area contributed by atoms with E-state index in [2.05, 4.69) is 202 Å². The molecular formula is C54H38. The van der Waals surface area contributed by atoms with Crippen LogP contribution in [-0.4, -0.2) is 0 Å². The largest absolute Gasteiger partial charge is 0.0984 e. The van der Waals surface area contributed by atoms with Crippen LogP contribution >= 0.6 is 0 Å². The third-order valence-corrected chi connectivity index (χ3v) is 11.4. The normalized spacial score (nSPS) is 11.6. The molecule has 0 amide bonds. The summed E-state index contributed by atoms with van der Waals surface area (Å²) in [6.07, 6.45) is 2.96. The lowest BCUT2D eigenvalue weighted by atomic mass is 9.81. The Balaban J connectivity index is 1.47. The Morgan fingerprint density at radius 1 is 0.370 bits per heavy atom. The number of rotatable bonds is 6. The summed E-state index contributed by atoms with van der Waals surface area (Å²) in [4.78, 5) is 0. The van der Waals surface area contributed by atoms with Crippen molar-refractivity contribution in [2.75, 3.05) is 0 Å². The summed E-state index contributed by atoms with van der Waals surface area (Å²) in [6, 6.07) is 67.0. The summed E-state index contributed by atoms with van der Waals surface area (Å²) in [7, 11) is 0. The molecule has 0 heterocycles. The maximum absolute atomic E-state index is 4.41. The molecule has 0 aliphatic carbocycles. The van der Waals surface area contributed by atoms with Crippen molar-refractivity contribution in [1.82, 2.24) is 0 Å². The van der Waals surface area contributed by atoms with Crippen LogP contribution in [0.2, 0.25) is 0 Å². The predicted octanol–water partition coefficient (Wildman–Crippen LogP) is 15.3. The summed E-state index contributed by atoms with van der Waals surface area (Å²) in [5.74, 6) is 0. The standard InChI is InChI=1S/C54H38/c1-3-40-41(4-2)54-48(32-45(40)36-21-11-6-12-22-36)46-31-39(35-19-9-5-10-20-35)29-30-42(46)47-33-50-51(34-49(47)54)53(38-25-15-8-16-26-38)44-28-18-17-27-43(44)52(50)37-23-13-7-14-24-37/h3,5-34H,1,4H2,2H3. The van der Waals surface area contributed by atoms with Crippen LogP contribution in [0, 0.1) is 0 Å². The molecule has 0 heteroatoms. The highest BCUT2D eigenvalue weighted by molar-refractivity contribution is 6.32. The zero-order valence-corrected chi connectivity index (χ0v) is 30.3. The van der Waals surface area contributed by atoms with E-state index in [9.17, 15) is 0 Å². The number of benzene rings is 10. The lowest BCUT2D eigenvalue weighted by Gasteiger charge is -2.22. The van der Waals surface area contributed by atoms with Crippen molar-refractivity contribution < 1.29 is 0 Å². The highest BCUT2D eigenvalue weighted by atomic mass is 14.2. The minimum atomic E-state index is 0.883. The number of aryl methyl sites for hydroxylation is 1. The van der Waals surface area contributed by atoms with Gasteiger partial charge in [0.05, 0.1) is 0 Å². The van der Waals surface area contributed by atoms with E-state index in [1.54, 1.807) is 0 Å². The van der Waals surface area contributed by atoms with E-state index >= 15 is 0 Å². The van der Waals surface area contributed by atoms with Crippen molar-refractivity contribution in [2.45, 2.75) is 13.3 Å². The molecule has 0 saturated heterocycles. The number of hydrogen-bond acceptors (Lipinski definition) is 0. The molecule has 0 aliphatic rings. The van der Waals surface area contributed by atoms with E-state index in [4.69, 9.17) is 0 Å². The van der Waals surface area contributed by atoms with Crippen LogP contribution < -0.4 is 0 Å². The van der Waals surface area contributed by atoms with Gasteiger partial charge in [0, 0.05) is 0 Å². The van der Waals surface area contributed by atoms with E-state index in [1.807, 2.05) is 0 Å². The highest BCUT2D eigenvalue weighted by Gasteiger charge is 2.22. The SMILES string of the molecule is C=Cc1c(-c2ccccc2)cc2c3cc(-c4ccccc4)ccc3c3cc4c(-c5ccccc5)c5ccccc5c(-c5ccccc5)c4cc3c2c1CC. The molecule has 0 atom stereocenters. The minimum absolute atomic E-state index is 0.883. The lowest BCUT2D eigenvalue weighted by molar-refractivity contribution is 1.16. The summed E-state index contributed by atoms with van der Waals surface area (Å²) < 4.78 is 0. The smallest absolute Gasteiger partial charge is 0.00261 e. The van der Waals surface area contributed by atoms with Crippen LogP contribution in [0.4, 0.5) is 0 Å². The van der Waals surface area contributed by atoms with Crippen LogP contribution in [-0.2, 0) is 6.42 Å². The quantitative estimate of drug-likeness (QED) is 0.121. The lowest BCUT2D eigenvalue weighted by Crippen LogP contribution is -1.97. The van der Waals surface area contributed by atoms with Crippen LogP contribution in [0.1, 0.15) is 18.1 Å². The molecule has 10 rings (SSSR count). The summed E-state index contributed by atoms with van der Waals surface area (Å²) in [5.41, 5.74) is 12.4. The molecule has 254 valence electrons. The Hall–Kier alpha value is -6.76. The van der Waals surface area contributed by atoms with E-state index < -0.39 is 0 Å². The first-order valence-electron chi connectivity index (χ1n) is 18.9. The fourth-order valence-corrected chi connectivity index (χ4v) is 9.03. The van der Waals surface area contributed by atoms with Crippen molar-refractivity contribution in [3.63, 3.8) is 0 Å². The molecule has 10 aromatic rings. The summed E-state index contributed by atoms with van der Waals surface area (Å²) in [5, 5.41) is 12.7. The van der Waals surface area contributed by atoms with Gasteiger partial charge in [-0.3, -0.25) is 0 Å². The second-order valence-electron chi connectivity index (χ2n) is 14.3. The average Bonchev–Trinajstić information content (AvgIpc) is 3.25. The zero-order valence-electron chi connectivity index (χ0n) is 30.3. The monoisotopic (exact) mass is 686 g/mol. The Morgan fingerprint density at radius 2 is 0.833 bits per heavy atom. The van der Waals surface area contributed by atoms with Gasteiger partial charge in [-0.15, -0.1) is 0 Å². The Kier molecular flexibility index (Phi) is 7.70. The Morgan fingerprint density at radius 3 is 1.37 bits per heavy atom. The summed E-state index contributed by atoms with van der Waals surface area (Å²) in [6.45, 7) is 6.71. The number of fused-ring (bicyclic) bond motifs is 8. The third-order valence-electron chi connectivity index (χ3n) is 11.4.